The maximum atomic E-state index is 8.99. The molecule has 0 aliphatic heterocycles. The molecule has 0 aliphatic carbocycles. The molecule has 2 nitrogen and oxygen atoms in total. The van der Waals surface area contributed by atoms with Crippen LogP contribution < -0.4 is 5.73 Å². The van der Waals surface area contributed by atoms with E-state index < -0.39 is 5.54 Å². The van der Waals surface area contributed by atoms with Crippen molar-refractivity contribution in [2.24, 2.45) is 5.73 Å². The Bertz CT molecular complexity index is 300. The maximum absolute atomic E-state index is 8.99. The predicted octanol–water partition coefficient (Wildman–Crippen LogP) is 2.64. The highest BCUT2D eigenvalue weighted by Crippen LogP contribution is 2.22. The lowest BCUT2D eigenvalue weighted by atomic mass is 10.0. The Kier molecular flexibility index (Phi) is 5.12. The van der Waals surface area contributed by atoms with Crippen molar-refractivity contribution in [3.05, 3.63) is 28.7 Å². The van der Waals surface area contributed by atoms with Crippen LogP contribution in [-0.4, -0.2) is 23.0 Å². The Morgan fingerprint density at radius 2 is 2.00 bits per heavy atom. The first-order chi connectivity index (χ1) is 7.03. The molecule has 84 valence electrons. The molecule has 0 saturated carbocycles. The Morgan fingerprint density at radius 1 is 1.40 bits per heavy atom. The van der Waals surface area contributed by atoms with Crippen LogP contribution in [0.5, 0.6) is 0 Å². The van der Waals surface area contributed by atoms with Gasteiger partial charge in [0.15, 0.2) is 0 Å². The molecular formula is C11H16BrNOS. The number of thioether (sulfide) groups is 1. The van der Waals surface area contributed by atoms with Gasteiger partial charge in [-0.2, -0.15) is 0 Å². The lowest BCUT2D eigenvalue weighted by Crippen LogP contribution is -2.40. The molecule has 0 heterocycles. The fraction of sp³-hybridized carbons (Fsp3) is 0.455. The summed E-state index contributed by atoms with van der Waals surface area (Å²) in [7, 11) is 0. The zero-order valence-electron chi connectivity index (χ0n) is 8.74. The molecule has 4 heteroatoms. The van der Waals surface area contributed by atoms with Gasteiger partial charge >= 0.3 is 0 Å². The van der Waals surface area contributed by atoms with Crippen LogP contribution in [0, 0.1) is 0 Å². The van der Waals surface area contributed by atoms with Crippen molar-refractivity contribution in [3.8, 4) is 0 Å². The van der Waals surface area contributed by atoms with Gasteiger partial charge in [0, 0.05) is 14.9 Å². The molecule has 1 aromatic rings. The van der Waals surface area contributed by atoms with Crippen LogP contribution in [0.25, 0.3) is 0 Å². The van der Waals surface area contributed by atoms with Crippen LogP contribution in [0.4, 0.5) is 0 Å². The largest absolute Gasteiger partial charge is 0.394 e. The summed E-state index contributed by atoms with van der Waals surface area (Å²) in [5.41, 5.74) is 5.38. The highest BCUT2D eigenvalue weighted by atomic mass is 79.9. The average molecular weight is 290 g/mol. The van der Waals surface area contributed by atoms with Gasteiger partial charge in [-0.05, 0) is 43.4 Å². The molecule has 0 amide bonds. The van der Waals surface area contributed by atoms with Crippen LogP contribution in [0.15, 0.2) is 33.6 Å². The summed E-state index contributed by atoms with van der Waals surface area (Å²) in [6.07, 6.45) is 0.810. The number of nitrogens with two attached hydrogens (primary N) is 1. The topological polar surface area (TPSA) is 46.2 Å². The van der Waals surface area contributed by atoms with Crippen molar-refractivity contribution < 1.29 is 5.11 Å². The second kappa shape index (κ2) is 5.89. The van der Waals surface area contributed by atoms with Crippen LogP contribution in [0.1, 0.15) is 13.3 Å². The van der Waals surface area contributed by atoms with Gasteiger partial charge in [-0.15, -0.1) is 11.8 Å². The highest BCUT2D eigenvalue weighted by molar-refractivity contribution is 9.10. The van der Waals surface area contributed by atoms with Crippen molar-refractivity contribution in [1.82, 2.24) is 0 Å². The number of hydrogen-bond donors (Lipinski definition) is 2. The lowest BCUT2D eigenvalue weighted by molar-refractivity contribution is 0.206. The van der Waals surface area contributed by atoms with Gasteiger partial charge in [0.05, 0.1) is 6.61 Å². The quantitative estimate of drug-likeness (QED) is 0.820. The molecule has 1 rings (SSSR count). The van der Waals surface area contributed by atoms with Gasteiger partial charge < -0.3 is 10.8 Å². The first-order valence-electron chi connectivity index (χ1n) is 4.82. The summed E-state index contributed by atoms with van der Waals surface area (Å²) in [4.78, 5) is 1.23. The number of halogens is 1. The van der Waals surface area contributed by atoms with Gasteiger partial charge in [0.2, 0.25) is 0 Å². The second-order valence-corrected chi connectivity index (χ2v) is 5.95. The van der Waals surface area contributed by atoms with E-state index in [2.05, 4.69) is 28.1 Å². The molecule has 1 aromatic carbocycles. The Labute approximate surface area is 103 Å². The van der Waals surface area contributed by atoms with E-state index in [4.69, 9.17) is 10.8 Å². The van der Waals surface area contributed by atoms with E-state index in [9.17, 15) is 0 Å². The SMILES string of the molecule is CC(N)(CO)CCSc1ccc(Br)cc1. The Balaban J connectivity index is 2.35. The molecule has 3 N–H and O–H groups in total. The monoisotopic (exact) mass is 289 g/mol. The van der Waals surface area contributed by atoms with Crippen LogP contribution in [0.3, 0.4) is 0 Å². The number of rotatable bonds is 5. The molecule has 0 spiro atoms. The van der Waals surface area contributed by atoms with Crippen molar-refractivity contribution in [2.75, 3.05) is 12.4 Å². The molecule has 0 radical (unpaired) electrons. The predicted molar refractivity (Wildman–Crippen MR) is 69.2 cm³/mol. The smallest absolute Gasteiger partial charge is 0.0608 e. The number of hydrogen-bond acceptors (Lipinski definition) is 3. The molecule has 0 saturated heterocycles. The average Bonchev–Trinajstić information content (AvgIpc) is 2.21. The summed E-state index contributed by atoms with van der Waals surface area (Å²) >= 11 is 5.15. The summed E-state index contributed by atoms with van der Waals surface area (Å²) < 4.78 is 1.09. The minimum Gasteiger partial charge on any atom is -0.394 e. The molecule has 0 aromatic heterocycles. The van der Waals surface area contributed by atoms with Crippen molar-refractivity contribution in [2.45, 2.75) is 23.8 Å². The number of benzene rings is 1. The van der Waals surface area contributed by atoms with E-state index in [0.717, 1.165) is 16.6 Å². The third-order valence-corrected chi connectivity index (χ3v) is 3.66. The van der Waals surface area contributed by atoms with Gasteiger partial charge in [-0.3, -0.25) is 0 Å². The Morgan fingerprint density at radius 3 is 2.53 bits per heavy atom. The zero-order chi connectivity index (χ0) is 11.3. The van der Waals surface area contributed by atoms with E-state index in [0.29, 0.717) is 0 Å². The molecule has 0 aliphatic rings. The van der Waals surface area contributed by atoms with E-state index >= 15 is 0 Å². The molecule has 1 unspecified atom stereocenters. The standard InChI is InChI=1S/C11H16BrNOS/c1-11(13,8-14)6-7-15-10-4-2-9(12)3-5-10/h2-5,14H,6-8,13H2,1H3. The van der Waals surface area contributed by atoms with Crippen LogP contribution in [0.2, 0.25) is 0 Å². The second-order valence-electron chi connectivity index (χ2n) is 3.86. The van der Waals surface area contributed by atoms with E-state index in [1.54, 1.807) is 11.8 Å². The molecule has 0 bridgehead atoms. The number of aliphatic hydroxyl groups excluding tert-OH is 1. The first-order valence-corrected chi connectivity index (χ1v) is 6.59. The van der Waals surface area contributed by atoms with Crippen LogP contribution >= 0.6 is 27.7 Å². The van der Waals surface area contributed by atoms with Gasteiger partial charge in [-0.1, -0.05) is 15.9 Å². The van der Waals surface area contributed by atoms with Gasteiger partial charge in [0.1, 0.15) is 0 Å². The van der Waals surface area contributed by atoms with Gasteiger partial charge in [0.25, 0.3) is 0 Å². The minimum absolute atomic E-state index is 0.0356. The van der Waals surface area contributed by atoms with E-state index in [-0.39, 0.29) is 6.61 Å². The van der Waals surface area contributed by atoms with E-state index in [1.165, 1.54) is 4.90 Å². The first kappa shape index (κ1) is 13.0. The fourth-order valence-electron chi connectivity index (χ4n) is 1.01. The summed E-state index contributed by atoms with van der Waals surface area (Å²) in [5, 5.41) is 8.99. The molecular weight excluding hydrogens is 274 g/mol. The fourth-order valence-corrected chi connectivity index (χ4v) is 2.41. The zero-order valence-corrected chi connectivity index (χ0v) is 11.1. The summed E-state index contributed by atoms with van der Waals surface area (Å²) in [5.74, 6) is 0.926. The molecule has 0 fully saturated rings. The summed E-state index contributed by atoms with van der Waals surface area (Å²) in [6, 6.07) is 8.19. The normalized spacial score (nSPS) is 14.9. The maximum Gasteiger partial charge on any atom is 0.0608 e. The van der Waals surface area contributed by atoms with Crippen molar-refractivity contribution in [1.29, 1.82) is 0 Å². The van der Waals surface area contributed by atoms with Crippen LogP contribution in [-0.2, 0) is 0 Å². The molecule has 15 heavy (non-hydrogen) atoms. The van der Waals surface area contributed by atoms with Gasteiger partial charge in [-0.25, -0.2) is 0 Å². The number of aliphatic hydroxyl groups is 1. The van der Waals surface area contributed by atoms with Crippen molar-refractivity contribution in [3.63, 3.8) is 0 Å². The third-order valence-electron chi connectivity index (χ3n) is 2.12. The highest BCUT2D eigenvalue weighted by Gasteiger charge is 2.16. The van der Waals surface area contributed by atoms with Crippen molar-refractivity contribution >= 4 is 27.7 Å². The van der Waals surface area contributed by atoms with E-state index in [1.807, 2.05) is 19.1 Å². The minimum atomic E-state index is -0.456. The molecule has 1 atom stereocenters. The lowest BCUT2D eigenvalue weighted by Gasteiger charge is -2.20. The summed E-state index contributed by atoms with van der Waals surface area (Å²) in [6.45, 7) is 1.91. The Hall–Kier alpha value is -0.0300. The third kappa shape index (κ3) is 5.02.